The minimum Gasteiger partial charge on any atom is -0.375 e. The lowest BCUT2D eigenvalue weighted by Crippen LogP contribution is -2.29. The molecule has 0 saturated heterocycles. The number of aromatic nitrogens is 25. The Morgan fingerprint density at radius 3 is 0.589 bits per heavy atom. The monoisotopic (exact) mass is 2090 g/mol. The second-order valence-electron chi connectivity index (χ2n) is 44.1. The zero-order valence-corrected chi connectivity index (χ0v) is 88.1. The molecule has 35 nitrogen and oxygen atoms in total. The highest BCUT2D eigenvalue weighted by Gasteiger charge is 2.46. The lowest BCUT2D eigenvalue weighted by atomic mass is 9.71. The number of aromatic amines is 5. The molecule has 9 N–H and O–H groups in total. The molecule has 15 heterocycles. The number of nitrogen functional groups attached to an aromatic ring is 2. The quantitative estimate of drug-likeness (QED) is 0.0392. The molecule has 10 atom stereocenters. The van der Waals surface area contributed by atoms with E-state index in [0.29, 0.717) is 205 Å². The molecule has 4 unspecified atom stereocenters. The predicted octanol–water partition coefficient (Wildman–Crippen LogP) is 19.8. The summed E-state index contributed by atoms with van der Waals surface area (Å²) in [5.41, 5.74) is 13.5. The normalized spacial score (nSPS) is 29.6. The molecule has 776 valence electrons. The van der Waals surface area contributed by atoms with Crippen molar-refractivity contribution in [3.63, 3.8) is 0 Å². The predicted molar refractivity (Wildman–Crippen MR) is 562 cm³/mol. The molecule has 0 bridgehead atoms. The molecular formula is C101H127F5N30O5S5. The van der Waals surface area contributed by atoms with Crippen LogP contribution in [0.2, 0.25) is 0 Å². The Morgan fingerprint density at radius 1 is 0.267 bits per heavy atom. The van der Waals surface area contributed by atoms with Crippen LogP contribution >= 0.6 is 56.7 Å². The molecule has 15 aromatic rings. The number of thiazole rings is 5. The average molecular weight is 2100 g/mol. The molecule has 0 radical (unpaired) electrons. The molecule has 0 spiro atoms. The Balaban J connectivity index is 0.000000107. The van der Waals surface area contributed by atoms with Gasteiger partial charge in [0.05, 0.1) is 89.7 Å². The number of alkyl halides is 5. The highest BCUT2D eigenvalue weighted by atomic mass is 32.1. The van der Waals surface area contributed by atoms with Crippen molar-refractivity contribution in [2.75, 3.05) is 68.5 Å². The minimum atomic E-state index is -1.11. The average Bonchev–Trinajstić information content (AvgIpc) is 1.61. The molecule has 0 amide bonds. The van der Waals surface area contributed by atoms with E-state index in [4.69, 9.17) is 51.3 Å². The van der Waals surface area contributed by atoms with Gasteiger partial charge in [0.1, 0.15) is 84.4 Å². The molecule has 10 fully saturated rings. The van der Waals surface area contributed by atoms with Crippen LogP contribution in [0.4, 0.5) is 47.6 Å². The summed E-state index contributed by atoms with van der Waals surface area (Å²) >= 11 is 7.79. The van der Waals surface area contributed by atoms with Crippen LogP contribution in [0.3, 0.4) is 0 Å². The summed E-state index contributed by atoms with van der Waals surface area (Å²) in [5, 5.41) is 39.2. The van der Waals surface area contributed by atoms with Crippen LogP contribution < -0.4 is 54.0 Å². The minimum absolute atomic E-state index is 0.0824. The second kappa shape index (κ2) is 39.9. The number of H-pyrrole nitrogens is 5. The fourth-order valence-electron chi connectivity index (χ4n) is 23.0. The highest BCUT2D eigenvalue weighted by Crippen LogP contribution is 2.55. The summed E-state index contributed by atoms with van der Waals surface area (Å²) in [6, 6.07) is 0.434. The van der Waals surface area contributed by atoms with Crippen LogP contribution in [0, 0.1) is 0 Å². The van der Waals surface area contributed by atoms with E-state index < -0.39 is 28.3 Å². The maximum Gasteiger partial charge on any atom is 0.262 e. The van der Waals surface area contributed by atoms with Gasteiger partial charge >= 0.3 is 0 Å². The molecule has 10 aliphatic rings. The van der Waals surface area contributed by atoms with E-state index in [1.807, 2.05) is 91.2 Å². The van der Waals surface area contributed by atoms with Crippen molar-refractivity contribution in [2.45, 2.75) is 345 Å². The molecule has 146 heavy (non-hydrogen) atoms. The van der Waals surface area contributed by atoms with Crippen LogP contribution in [0.5, 0.6) is 0 Å². The molecule has 10 aliphatic carbocycles. The first-order valence-electron chi connectivity index (χ1n) is 51.4. The number of anilines is 5. The fourth-order valence-corrected chi connectivity index (χ4v) is 26.8. The molecule has 0 aromatic carbocycles. The maximum atomic E-state index is 14.2. The van der Waals surface area contributed by atoms with Crippen molar-refractivity contribution < 1.29 is 22.0 Å². The zero-order valence-electron chi connectivity index (χ0n) is 84.1. The van der Waals surface area contributed by atoms with Gasteiger partial charge in [-0.05, 0) is 227 Å². The van der Waals surface area contributed by atoms with Gasteiger partial charge < -0.3 is 51.1 Å². The van der Waals surface area contributed by atoms with Crippen molar-refractivity contribution in [3.05, 3.63) is 167 Å². The Hall–Kier alpha value is -11.5. The number of rotatable bonds is 18. The Morgan fingerprint density at radius 2 is 0.438 bits per heavy atom. The Labute approximate surface area is 858 Å². The van der Waals surface area contributed by atoms with Crippen LogP contribution in [-0.4, -0.2) is 194 Å². The van der Waals surface area contributed by atoms with Crippen molar-refractivity contribution in [2.24, 2.45) is 0 Å². The first-order chi connectivity index (χ1) is 69.8. The number of fused-ring (bicyclic) bond motifs is 5. The van der Waals surface area contributed by atoms with E-state index in [9.17, 15) is 45.9 Å². The third-order valence-electron chi connectivity index (χ3n) is 32.9. The summed E-state index contributed by atoms with van der Waals surface area (Å²) in [7, 11) is 12.0. The molecule has 0 aliphatic heterocycles. The van der Waals surface area contributed by atoms with Crippen molar-refractivity contribution in [1.82, 2.24) is 124 Å². The van der Waals surface area contributed by atoms with Crippen LogP contribution in [0.25, 0.3) is 55.2 Å². The van der Waals surface area contributed by atoms with Crippen LogP contribution in [0.15, 0.2) is 81.9 Å². The van der Waals surface area contributed by atoms with Crippen LogP contribution in [0.1, 0.15) is 374 Å². The third-order valence-corrected chi connectivity index (χ3v) is 37.4. The third kappa shape index (κ3) is 20.4. The maximum absolute atomic E-state index is 14.2. The van der Waals surface area contributed by atoms with E-state index in [2.05, 4.69) is 76.5 Å². The Kier molecular flexibility index (Phi) is 27.4. The van der Waals surface area contributed by atoms with Gasteiger partial charge in [-0.1, -0.05) is 0 Å². The SMILES string of the molecule is CC1(F)CCC(n2ncc3c(=O)[nH]c(C4CCC4c4csc(N)n4)nc32)CC1.CC1(F)CCC(n2ncc3c(=O)[nH]c([C@@H]4CC[C@H]4c4csc(N)n4)nc32)CC1.CN(C)c1nc(C2CC[C@@H]2c2nc3c(cnn3C3CCC(C)(F)CC3)c(=O)[nH]2)cs1.CN(C)c1nc(C2CC[C@H]2c2nc3c(cnn3C3CCC(C)(F)CC3)c(=O)[nH]2)cs1.CN(C)c1nc([C@@H]2CC[C@@H]2c2nc3c(cnn3C3CCC(C)(F)CC3)c(=O)[nH]2)cs1. The summed E-state index contributed by atoms with van der Waals surface area (Å²) < 4.78 is 80.3. The van der Waals surface area contributed by atoms with Gasteiger partial charge in [-0.25, -0.2) is 95.2 Å². The van der Waals surface area contributed by atoms with Gasteiger partial charge in [0.15, 0.2) is 53.9 Å². The number of halogens is 5. The smallest absolute Gasteiger partial charge is 0.262 e. The lowest BCUT2D eigenvalue weighted by Gasteiger charge is -2.34. The molecule has 25 rings (SSSR count). The summed E-state index contributed by atoms with van der Waals surface area (Å²) in [5.74, 6) is 5.53. The topological polar surface area (TPSA) is 444 Å². The molecule has 45 heteroatoms. The highest BCUT2D eigenvalue weighted by molar-refractivity contribution is 7.14. The van der Waals surface area contributed by atoms with Crippen molar-refractivity contribution in [3.8, 4) is 0 Å². The number of hydrogen-bond donors (Lipinski definition) is 7. The lowest BCUT2D eigenvalue weighted by molar-refractivity contribution is 0.103. The first-order valence-corrected chi connectivity index (χ1v) is 55.8. The standard InChI is InChI=1S/3C21H27FN6OS.2C19H23FN6OS/c3*1-21(22)8-6-12(7-9-21)28-18-15(10-23-28)19(29)26-17(25-18)14-5-4-13(14)16-11-30-20(24-16)27(2)3;2*1-19(20)6-4-10(5-7-19)26-16-13(8-22-26)17(27)25-15(24-16)12-3-2-11(12)14-9-28-18(21)23-14/h3*10-14H,4-9H2,1-3H3,(H,25,26,29);2*8-12H,2-7H2,1H3,(H2,21,23)(H,24,25,27)/t2*12?,13?,14-,21?;12?,13-,14+,21?;10?,11-,12-,19?;/m1011./s1. The zero-order chi connectivity index (χ0) is 102. The summed E-state index contributed by atoms with van der Waals surface area (Å²) in [6.07, 6.45) is 30.1. The van der Waals surface area contributed by atoms with E-state index in [1.165, 1.54) is 22.7 Å². The van der Waals surface area contributed by atoms with Gasteiger partial charge in [0.2, 0.25) is 0 Å². The van der Waals surface area contributed by atoms with E-state index in [-0.39, 0.29) is 117 Å². The second-order valence-corrected chi connectivity index (χ2v) is 48.4. The number of nitrogens with one attached hydrogen (secondary N) is 5. The fraction of sp³-hybridized carbons (Fsp3) is 0.604. The molecule has 15 aromatic heterocycles. The Bertz CT molecular complexity index is 6960. The van der Waals surface area contributed by atoms with E-state index in [1.54, 1.807) is 99.6 Å². The molecular weight excluding hydrogens is 1970 g/mol. The summed E-state index contributed by atoms with van der Waals surface area (Å²) in [4.78, 5) is 132. The van der Waals surface area contributed by atoms with Gasteiger partial charge in [0, 0.05) is 128 Å². The van der Waals surface area contributed by atoms with Crippen molar-refractivity contribution in [1.29, 1.82) is 0 Å². The number of hydrogen-bond acceptors (Lipinski definition) is 30. The largest absolute Gasteiger partial charge is 0.375 e. The molecule has 10 saturated carbocycles. The van der Waals surface area contributed by atoms with Crippen molar-refractivity contribution >= 4 is 138 Å². The van der Waals surface area contributed by atoms with Crippen LogP contribution in [-0.2, 0) is 0 Å². The van der Waals surface area contributed by atoms with Gasteiger partial charge in [-0.15, -0.1) is 56.7 Å². The van der Waals surface area contributed by atoms with E-state index >= 15 is 0 Å². The number of nitrogens with two attached hydrogens (primary N) is 2. The van der Waals surface area contributed by atoms with Gasteiger partial charge in [0.25, 0.3) is 27.8 Å². The van der Waals surface area contributed by atoms with E-state index in [0.717, 1.165) is 126 Å². The summed E-state index contributed by atoms with van der Waals surface area (Å²) in [6.45, 7) is 8.33. The van der Waals surface area contributed by atoms with Gasteiger partial charge in [-0.3, -0.25) is 24.0 Å². The van der Waals surface area contributed by atoms with Gasteiger partial charge in [-0.2, -0.15) is 25.5 Å². The first kappa shape index (κ1) is 100. The number of nitrogens with zero attached hydrogens (tertiary/aromatic N) is 23.